The van der Waals surface area contributed by atoms with Crippen LogP contribution in [-0.2, 0) is 4.79 Å². The van der Waals surface area contributed by atoms with Crippen LogP contribution < -0.4 is 10.6 Å². The van der Waals surface area contributed by atoms with Gasteiger partial charge in [0.25, 0.3) is 0 Å². The SMILES string of the molecule is N#Cc1ccc(C(O)CNCC2CCC(=O)N2)cc1. The third-order valence-corrected chi connectivity index (χ3v) is 3.24. The van der Waals surface area contributed by atoms with Crippen molar-refractivity contribution in [3.05, 3.63) is 35.4 Å². The Kier molecular flexibility index (Phi) is 4.50. The van der Waals surface area contributed by atoms with E-state index in [1.807, 2.05) is 6.07 Å². The van der Waals surface area contributed by atoms with Crippen molar-refractivity contribution in [2.24, 2.45) is 0 Å². The second-order valence-corrected chi connectivity index (χ2v) is 4.71. The summed E-state index contributed by atoms with van der Waals surface area (Å²) >= 11 is 0. The van der Waals surface area contributed by atoms with Gasteiger partial charge in [-0.05, 0) is 24.1 Å². The minimum absolute atomic E-state index is 0.0967. The van der Waals surface area contributed by atoms with Gasteiger partial charge in [0.15, 0.2) is 0 Å². The molecular weight excluding hydrogens is 242 g/mol. The molecule has 0 radical (unpaired) electrons. The highest BCUT2D eigenvalue weighted by molar-refractivity contribution is 5.78. The molecule has 5 nitrogen and oxygen atoms in total. The topological polar surface area (TPSA) is 85.2 Å². The predicted molar refractivity (Wildman–Crippen MR) is 70.2 cm³/mol. The van der Waals surface area contributed by atoms with Gasteiger partial charge < -0.3 is 15.7 Å². The van der Waals surface area contributed by atoms with E-state index in [4.69, 9.17) is 5.26 Å². The van der Waals surface area contributed by atoms with Gasteiger partial charge in [0, 0.05) is 25.6 Å². The number of nitrogens with one attached hydrogen (secondary N) is 2. The molecule has 1 heterocycles. The van der Waals surface area contributed by atoms with E-state index in [1.165, 1.54) is 0 Å². The molecule has 0 saturated carbocycles. The summed E-state index contributed by atoms with van der Waals surface area (Å²) in [6.07, 6.45) is 0.827. The maximum Gasteiger partial charge on any atom is 0.220 e. The maximum absolute atomic E-state index is 11.0. The third kappa shape index (κ3) is 3.78. The van der Waals surface area contributed by atoms with Crippen molar-refractivity contribution in [3.8, 4) is 6.07 Å². The third-order valence-electron chi connectivity index (χ3n) is 3.24. The standard InChI is InChI=1S/C14H17N3O2/c15-7-10-1-3-11(4-2-10)13(18)9-16-8-12-5-6-14(19)17-12/h1-4,12-13,16,18H,5-6,8-9H2,(H,17,19). The number of carbonyl (C=O) groups is 1. The number of nitriles is 1. The quantitative estimate of drug-likeness (QED) is 0.717. The molecular formula is C14H17N3O2. The maximum atomic E-state index is 11.0. The zero-order valence-corrected chi connectivity index (χ0v) is 10.6. The summed E-state index contributed by atoms with van der Waals surface area (Å²) in [5.74, 6) is 0.0967. The van der Waals surface area contributed by atoms with Crippen LogP contribution >= 0.6 is 0 Å². The van der Waals surface area contributed by atoms with Gasteiger partial charge in [0.05, 0.1) is 17.7 Å². The number of carbonyl (C=O) groups excluding carboxylic acids is 1. The summed E-state index contributed by atoms with van der Waals surface area (Å²) in [6, 6.07) is 9.09. The van der Waals surface area contributed by atoms with Crippen LogP contribution in [0.4, 0.5) is 0 Å². The number of rotatable bonds is 5. The Morgan fingerprint density at radius 1 is 1.47 bits per heavy atom. The number of benzene rings is 1. The zero-order valence-electron chi connectivity index (χ0n) is 10.6. The molecule has 0 bridgehead atoms. The highest BCUT2D eigenvalue weighted by Gasteiger charge is 2.20. The fourth-order valence-electron chi connectivity index (χ4n) is 2.12. The Labute approximate surface area is 112 Å². The van der Waals surface area contributed by atoms with Crippen LogP contribution in [0.5, 0.6) is 0 Å². The summed E-state index contributed by atoms with van der Waals surface area (Å²) in [5.41, 5.74) is 1.36. The van der Waals surface area contributed by atoms with Crippen LogP contribution in [0, 0.1) is 11.3 Å². The smallest absolute Gasteiger partial charge is 0.220 e. The first-order chi connectivity index (χ1) is 9.19. The Bertz CT molecular complexity index is 478. The Morgan fingerprint density at radius 3 is 2.79 bits per heavy atom. The van der Waals surface area contributed by atoms with E-state index in [2.05, 4.69) is 10.6 Å². The molecule has 1 aromatic carbocycles. The van der Waals surface area contributed by atoms with Crippen molar-refractivity contribution in [2.75, 3.05) is 13.1 Å². The van der Waals surface area contributed by atoms with Gasteiger partial charge in [-0.15, -0.1) is 0 Å². The van der Waals surface area contributed by atoms with E-state index in [0.717, 1.165) is 12.0 Å². The molecule has 0 spiro atoms. The normalized spacial score (nSPS) is 19.8. The van der Waals surface area contributed by atoms with Crippen LogP contribution in [-0.4, -0.2) is 30.1 Å². The Morgan fingerprint density at radius 2 is 2.21 bits per heavy atom. The van der Waals surface area contributed by atoms with Gasteiger partial charge in [-0.2, -0.15) is 5.26 Å². The van der Waals surface area contributed by atoms with Crippen molar-refractivity contribution in [1.29, 1.82) is 5.26 Å². The molecule has 1 amide bonds. The van der Waals surface area contributed by atoms with Crippen molar-refractivity contribution in [2.45, 2.75) is 25.0 Å². The van der Waals surface area contributed by atoms with Crippen molar-refractivity contribution in [1.82, 2.24) is 10.6 Å². The summed E-state index contributed by atoms with van der Waals surface area (Å²) in [4.78, 5) is 11.0. The molecule has 0 aromatic heterocycles. The van der Waals surface area contributed by atoms with Gasteiger partial charge in [0.1, 0.15) is 0 Å². The van der Waals surface area contributed by atoms with Gasteiger partial charge in [-0.1, -0.05) is 12.1 Å². The molecule has 100 valence electrons. The predicted octanol–water partition coefficient (Wildman–Crippen LogP) is 0.460. The molecule has 1 saturated heterocycles. The first kappa shape index (κ1) is 13.5. The van der Waals surface area contributed by atoms with Crippen LogP contribution in [0.15, 0.2) is 24.3 Å². The molecule has 19 heavy (non-hydrogen) atoms. The van der Waals surface area contributed by atoms with Crippen LogP contribution in [0.3, 0.4) is 0 Å². The zero-order chi connectivity index (χ0) is 13.7. The summed E-state index contributed by atoms with van der Waals surface area (Å²) in [7, 11) is 0. The van der Waals surface area contributed by atoms with E-state index in [-0.39, 0.29) is 11.9 Å². The van der Waals surface area contributed by atoms with Crippen molar-refractivity contribution >= 4 is 5.91 Å². The molecule has 3 N–H and O–H groups in total. The summed E-state index contributed by atoms with van der Waals surface area (Å²) in [6.45, 7) is 1.09. The second-order valence-electron chi connectivity index (χ2n) is 4.71. The highest BCUT2D eigenvalue weighted by atomic mass is 16.3. The summed E-state index contributed by atoms with van der Waals surface area (Å²) in [5, 5.41) is 24.7. The van der Waals surface area contributed by atoms with Gasteiger partial charge >= 0.3 is 0 Å². The lowest BCUT2D eigenvalue weighted by atomic mass is 10.1. The summed E-state index contributed by atoms with van der Waals surface area (Å²) < 4.78 is 0. The molecule has 1 aromatic rings. The lowest BCUT2D eigenvalue weighted by Crippen LogP contribution is -2.37. The van der Waals surface area contributed by atoms with Gasteiger partial charge in [0.2, 0.25) is 5.91 Å². The fourth-order valence-corrected chi connectivity index (χ4v) is 2.12. The van der Waals surface area contributed by atoms with E-state index in [9.17, 15) is 9.90 Å². The molecule has 1 fully saturated rings. The largest absolute Gasteiger partial charge is 0.387 e. The Hall–Kier alpha value is -1.90. The lowest BCUT2D eigenvalue weighted by molar-refractivity contribution is -0.119. The molecule has 2 unspecified atom stereocenters. The van der Waals surface area contributed by atoms with E-state index in [1.54, 1.807) is 24.3 Å². The van der Waals surface area contributed by atoms with Gasteiger partial charge in [-0.3, -0.25) is 4.79 Å². The number of hydrogen-bond acceptors (Lipinski definition) is 4. The first-order valence-corrected chi connectivity index (χ1v) is 6.37. The number of nitrogens with zero attached hydrogens (tertiary/aromatic N) is 1. The van der Waals surface area contributed by atoms with Crippen LogP contribution in [0.1, 0.15) is 30.1 Å². The number of aliphatic hydroxyl groups excluding tert-OH is 1. The molecule has 0 aliphatic carbocycles. The number of hydrogen-bond donors (Lipinski definition) is 3. The number of aliphatic hydroxyl groups is 1. The first-order valence-electron chi connectivity index (χ1n) is 6.37. The van der Waals surface area contributed by atoms with Crippen LogP contribution in [0.2, 0.25) is 0 Å². The highest BCUT2D eigenvalue weighted by Crippen LogP contribution is 2.13. The minimum Gasteiger partial charge on any atom is -0.387 e. The molecule has 1 aliphatic heterocycles. The van der Waals surface area contributed by atoms with Crippen LogP contribution in [0.25, 0.3) is 0 Å². The average molecular weight is 259 g/mol. The molecule has 2 atom stereocenters. The lowest BCUT2D eigenvalue weighted by Gasteiger charge is -2.15. The van der Waals surface area contributed by atoms with E-state index in [0.29, 0.717) is 25.1 Å². The van der Waals surface area contributed by atoms with Crippen molar-refractivity contribution < 1.29 is 9.90 Å². The molecule has 1 aliphatic rings. The second kappa shape index (κ2) is 6.32. The minimum atomic E-state index is -0.607. The Balaban J connectivity index is 1.76. The van der Waals surface area contributed by atoms with E-state index >= 15 is 0 Å². The van der Waals surface area contributed by atoms with Gasteiger partial charge in [-0.25, -0.2) is 0 Å². The molecule has 5 heteroatoms. The number of amides is 1. The molecule has 2 rings (SSSR count). The monoisotopic (exact) mass is 259 g/mol. The average Bonchev–Trinajstić information content (AvgIpc) is 2.84. The van der Waals surface area contributed by atoms with E-state index < -0.39 is 6.10 Å². The fraction of sp³-hybridized carbons (Fsp3) is 0.429. The van der Waals surface area contributed by atoms with Crippen molar-refractivity contribution in [3.63, 3.8) is 0 Å².